The molecule has 1 aliphatic heterocycles. The lowest BCUT2D eigenvalue weighted by molar-refractivity contribution is -0.153. The molecule has 2 rings (SSSR count). The van der Waals surface area contributed by atoms with Gasteiger partial charge in [0.05, 0.1) is 18.2 Å². The van der Waals surface area contributed by atoms with Crippen LogP contribution in [0.4, 0.5) is 8.78 Å². The number of hydrogen-bond acceptors (Lipinski definition) is 3. The van der Waals surface area contributed by atoms with Gasteiger partial charge in [-0.1, -0.05) is 25.4 Å². The average molecular weight is 350 g/mol. The van der Waals surface area contributed by atoms with Gasteiger partial charge in [0.2, 0.25) is 0 Å². The van der Waals surface area contributed by atoms with E-state index >= 15 is 0 Å². The predicted octanol–water partition coefficient (Wildman–Crippen LogP) is 3.04. The summed E-state index contributed by atoms with van der Waals surface area (Å²) >= 11 is 6.33. The second-order valence-electron chi connectivity index (χ2n) is 6.70. The molecule has 1 aromatic rings. The Kier molecular flexibility index (Phi) is 5.30. The number of alkyl halides is 2. The molecule has 2 heterocycles. The molecule has 0 bridgehead atoms. The summed E-state index contributed by atoms with van der Waals surface area (Å²) in [4.78, 5) is 12.6. The van der Waals surface area contributed by atoms with E-state index in [1.807, 2.05) is 13.8 Å². The molecule has 0 saturated carbocycles. The first-order valence-corrected chi connectivity index (χ1v) is 8.01. The maximum Gasteiger partial charge on any atom is 0.308 e. The van der Waals surface area contributed by atoms with E-state index in [1.54, 1.807) is 11.6 Å². The van der Waals surface area contributed by atoms with Crippen molar-refractivity contribution in [2.45, 2.75) is 46.2 Å². The summed E-state index contributed by atoms with van der Waals surface area (Å²) in [5, 5.41) is 13.9. The highest BCUT2D eigenvalue weighted by Gasteiger charge is 2.43. The van der Waals surface area contributed by atoms with Crippen molar-refractivity contribution in [3.8, 4) is 0 Å². The second-order valence-corrected chi connectivity index (χ2v) is 7.05. The summed E-state index contributed by atoms with van der Waals surface area (Å²) in [6, 6.07) is 0. The van der Waals surface area contributed by atoms with Crippen molar-refractivity contribution in [1.29, 1.82) is 0 Å². The summed E-state index contributed by atoms with van der Waals surface area (Å²) in [5.41, 5.74) is 1.38. The smallest absolute Gasteiger partial charge is 0.308 e. The Hall–Kier alpha value is -1.21. The monoisotopic (exact) mass is 349 g/mol. The van der Waals surface area contributed by atoms with Gasteiger partial charge in [0.15, 0.2) is 0 Å². The molecule has 0 radical (unpaired) electrons. The number of aromatic nitrogens is 2. The van der Waals surface area contributed by atoms with Crippen molar-refractivity contribution in [2.24, 2.45) is 11.8 Å². The number of aliphatic carboxylic acids is 1. The van der Waals surface area contributed by atoms with E-state index < -0.39 is 30.8 Å². The number of piperidine rings is 1. The van der Waals surface area contributed by atoms with Gasteiger partial charge in [-0.15, -0.1) is 0 Å². The molecule has 23 heavy (non-hydrogen) atoms. The molecule has 1 fully saturated rings. The number of carboxylic acid groups (broad SMARTS) is 1. The first-order chi connectivity index (χ1) is 10.6. The Morgan fingerprint density at radius 3 is 2.74 bits per heavy atom. The van der Waals surface area contributed by atoms with Crippen LogP contribution in [0.2, 0.25) is 5.15 Å². The van der Waals surface area contributed by atoms with E-state index in [1.165, 1.54) is 4.90 Å². The van der Waals surface area contributed by atoms with E-state index in [0.717, 1.165) is 0 Å². The van der Waals surface area contributed by atoms with Gasteiger partial charge in [-0.05, 0) is 12.8 Å². The minimum Gasteiger partial charge on any atom is -0.481 e. The number of rotatable bonds is 5. The molecular formula is C15H22ClF2N3O2. The molecule has 1 aromatic heterocycles. The molecule has 0 aromatic carbocycles. The zero-order chi connectivity index (χ0) is 17.4. The molecular weight excluding hydrogens is 328 g/mol. The quantitative estimate of drug-likeness (QED) is 0.887. The third-order valence-electron chi connectivity index (χ3n) is 3.93. The van der Waals surface area contributed by atoms with Crippen molar-refractivity contribution >= 4 is 17.6 Å². The highest BCUT2D eigenvalue weighted by atomic mass is 35.5. The highest BCUT2D eigenvalue weighted by Crippen LogP contribution is 2.32. The van der Waals surface area contributed by atoms with Crippen LogP contribution in [-0.4, -0.2) is 44.8 Å². The fourth-order valence-electron chi connectivity index (χ4n) is 2.94. The molecule has 0 aliphatic carbocycles. The number of carboxylic acids is 1. The topological polar surface area (TPSA) is 58.4 Å². The second kappa shape index (κ2) is 6.73. The van der Waals surface area contributed by atoms with Gasteiger partial charge in [0, 0.05) is 31.6 Å². The number of aryl methyl sites for hydroxylation is 1. The van der Waals surface area contributed by atoms with Crippen LogP contribution in [0.25, 0.3) is 0 Å². The molecule has 0 amide bonds. The number of carbonyl (C=O) groups is 1. The van der Waals surface area contributed by atoms with Crippen molar-refractivity contribution in [3.63, 3.8) is 0 Å². The van der Waals surface area contributed by atoms with Crippen molar-refractivity contribution in [2.75, 3.05) is 13.1 Å². The minimum atomic E-state index is -3.00. The SMILES string of the molecule is Cc1nn(CC(C)C)c(Cl)c1CN1CC(C(=O)O)CC(F)(F)C1. The zero-order valence-corrected chi connectivity index (χ0v) is 14.3. The van der Waals surface area contributed by atoms with Gasteiger partial charge in [-0.2, -0.15) is 5.10 Å². The summed E-state index contributed by atoms with van der Waals surface area (Å²) in [5.74, 6) is -4.90. The number of halogens is 3. The number of likely N-dealkylation sites (tertiary alicyclic amines) is 1. The van der Waals surface area contributed by atoms with Gasteiger partial charge >= 0.3 is 5.97 Å². The van der Waals surface area contributed by atoms with Gasteiger partial charge in [0.25, 0.3) is 5.92 Å². The molecule has 5 nitrogen and oxygen atoms in total. The van der Waals surface area contributed by atoms with Gasteiger partial charge < -0.3 is 5.11 Å². The van der Waals surface area contributed by atoms with E-state index in [9.17, 15) is 13.6 Å². The molecule has 0 spiro atoms. The lowest BCUT2D eigenvalue weighted by Crippen LogP contribution is -2.48. The van der Waals surface area contributed by atoms with Crippen LogP contribution in [0, 0.1) is 18.8 Å². The normalized spacial score (nSPS) is 21.8. The molecule has 130 valence electrons. The van der Waals surface area contributed by atoms with Crippen LogP contribution in [-0.2, 0) is 17.9 Å². The lowest BCUT2D eigenvalue weighted by Gasteiger charge is -2.35. The Bertz CT molecular complexity index is 590. The van der Waals surface area contributed by atoms with E-state index in [2.05, 4.69) is 5.10 Å². The zero-order valence-electron chi connectivity index (χ0n) is 13.5. The fraction of sp³-hybridized carbons (Fsp3) is 0.733. The Morgan fingerprint density at radius 2 is 2.17 bits per heavy atom. The fourth-order valence-corrected chi connectivity index (χ4v) is 3.24. The molecule has 1 saturated heterocycles. The standard InChI is InChI=1S/C15H22ClF2N3O2/c1-9(2)5-21-13(16)12(10(3)19-21)7-20-6-11(14(22)23)4-15(17,18)8-20/h9,11H,4-8H2,1-3H3,(H,22,23). The third-order valence-corrected chi connectivity index (χ3v) is 4.35. The summed E-state index contributed by atoms with van der Waals surface area (Å²) in [7, 11) is 0. The maximum absolute atomic E-state index is 13.8. The van der Waals surface area contributed by atoms with Crippen LogP contribution in [0.3, 0.4) is 0 Å². The summed E-state index contributed by atoms with van der Waals surface area (Å²) in [6.45, 7) is 6.33. The molecule has 8 heteroatoms. The molecule has 1 unspecified atom stereocenters. The Labute approximate surface area is 139 Å². The number of hydrogen-bond donors (Lipinski definition) is 1. The average Bonchev–Trinajstić information content (AvgIpc) is 2.64. The maximum atomic E-state index is 13.8. The van der Waals surface area contributed by atoms with Crippen LogP contribution in [0.15, 0.2) is 0 Å². The van der Waals surface area contributed by atoms with Crippen molar-refractivity contribution in [1.82, 2.24) is 14.7 Å². The Morgan fingerprint density at radius 1 is 1.52 bits per heavy atom. The largest absolute Gasteiger partial charge is 0.481 e. The predicted molar refractivity (Wildman–Crippen MR) is 82.8 cm³/mol. The Balaban J connectivity index is 2.18. The lowest BCUT2D eigenvalue weighted by atomic mass is 9.95. The van der Waals surface area contributed by atoms with E-state index in [4.69, 9.17) is 16.7 Å². The third kappa shape index (κ3) is 4.41. The van der Waals surface area contributed by atoms with Gasteiger partial charge in [-0.3, -0.25) is 14.4 Å². The van der Waals surface area contributed by atoms with Gasteiger partial charge in [0.1, 0.15) is 5.15 Å². The van der Waals surface area contributed by atoms with Gasteiger partial charge in [-0.25, -0.2) is 8.78 Å². The number of nitrogens with zero attached hydrogens (tertiary/aromatic N) is 3. The summed E-state index contributed by atoms with van der Waals surface area (Å²) < 4.78 is 29.2. The van der Waals surface area contributed by atoms with E-state index in [-0.39, 0.29) is 13.1 Å². The van der Waals surface area contributed by atoms with Crippen LogP contribution in [0.1, 0.15) is 31.5 Å². The van der Waals surface area contributed by atoms with Crippen LogP contribution < -0.4 is 0 Å². The molecule has 1 N–H and O–H groups in total. The van der Waals surface area contributed by atoms with Crippen LogP contribution in [0.5, 0.6) is 0 Å². The van der Waals surface area contributed by atoms with Crippen LogP contribution >= 0.6 is 11.6 Å². The van der Waals surface area contributed by atoms with E-state index in [0.29, 0.717) is 28.9 Å². The van der Waals surface area contributed by atoms with Crippen molar-refractivity contribution in [3.05, 3.63) is 16.4 Å². The minimum absolute atomic E-state index is 0.0933. The molecule has 1 atom stereocenters. The highest BCUT2D eigenvalue weighted by molar-refractivity contribution is 6.30. The summed E-state index contributed by atoms with van der Waals surface area (Å²) in [6.07, 6.45) is -0.613. The first kappa shape index (κ1) is 18.1. The first-order valence-electron chi connectivity index (χ1n) is 7.64. The van der Waals surface area contributed by atoms with Crippen molar-refractivity contribution < 1.29 is 18.7 Å². The molecule has 1 aliphatic rings.